The first-order chi connectivity index (χ1) is 7.33. The predicted molar refractivity (Wildman–Crippen MR) is 67.4 cm³/mol. The minimum Gasteiger partial charge on any atom is -0.350 e. The first kappa shape index (κ1) is 13.7. The summed E-state index contributed by atoms with van der Waals surface area (Å²) >= 11 is 0. The van der Waals surface area contributed by atoms with Crippen molar-refractivity contribution in [2.24, 2.45) is 5.41 Å². The molecule has 1 rings (SSSR count). The van der Waals surface area contributed by atoms with E-state index in [1.807, 2.05) is 13.8 Å². The molecule has 2 heteroatoms. The van der Waals surface area contributed by atoms with Gasteiger partial charge >= 0.3 is 0 Å². The average molecular weight is 226 g/mol. The highest BCUT2D eigenvalue weighted by Crippen LogP contribution is 2.39. The molecule has 0 N–H and O–H groups in total. The van der Waals surface area contributed by atoms with Crippen molar-refractivity contribution in [1.29, 1.82) is 0 Å². The Morgan fingerprint density at radius 3 is 2.50 bits per heavy atom. The van der Waals surface area contributed by atoms with Gasteiger partial charge in [0.25, 0.3) is 0 Å². The van der Waals surface area contributed by atoms with E-state index in [-0.39, 0.29) is 11.5 Å². The lowest BCUT2D eigenvalue weighted by Crippen LogP contribution is -2.46. The van der Waals surface area contributed by atoms with Gasteiger partial charge in [0, 0.05) is 5.41 Å². The summed E-state index contributed by atoms with van der Waals surface area (Å²) in [5, 5.41) is 0. The molecule has 0 bridgehead atoms. The van der Waals surface area contributed by atoms with Crippen LogP contribution in [0.2, 0.25) is 0 Å². The fourth-order valence-electron chi connectivity index (χ4n) is 2.59. The van der Waals surface area contributed by atoms with Gasteiger partial charge in [-0.1, -0.05) is 32.4 Å². The second-order valence-electron chi connectivity index (χ2n) is 5.53. The van der Waals surface area contributed by atoms with E-state index in [4.69, 9.17) is 9.47 Å². The van der Waals surface area contributed by atoms with Gasteiger partial charge in [-0.15, -0.1) is 0 Å². The van der Waals surface area contributed by atoms with Crippen LogP contribution in [0.25, 0.3) is 0 Å². The molecule has 1 fully saturated rings. The van der Waals surface area contributed by atoms with E-state index in [0.717, 1.165) is 19.4 Å². The summed E-state index contributed by atoms with van der Waals surface area (Å²) in [6.07, 6.45) is 4.55. The van der Waals surface area contributed by atoms with E-state index in [0.29, 0.717) is 0 Å². The van der Waals surface area contributed by atoms with E-state index >= 15 is 0 Å². The highest BCUT2D eigenvalue weighted by atomic mass is 16.7. The Hall–Kier alpha value is -0.340. The summed E-state index contributed by atoms with van der Waals surface area (Å²) in [4.78, 5) is 0. The maximum Gasteiger partial charge on any atom is 0.163 e. The fraction of sp³-hybridized carbons (Fsp3) is 0.857. The van der Waals surface area contributed by atoms with Crippen molar-refractivity contribution in [3.63, 3.8) is 0 Å². The molecular weight excluding hydrogens is 200 g/mol. The number of hydrogen-bond acceptors (Lipinski definition) is 2. The Balaban J connectivity index is 2.83. The van der Waals surface area contributed by atoms with Crippen molar-refractivity contribution in [2.45, 2.75) is 66.3 Å². The van der Waals surface area contributed by atoms with Gasteiger partial charge in [0.1, 0.15) is 0 Å². The van der Waals surface area contributed by atoms with Crippen molar-refractivity contribution in [3.8, 4) is 0 Å². The molecule has 1 aliphatic rings. The summed E-state index contributed by atoms with van der Waals surface area (Å²) in [7, 11) is 0. The first-order valence-corrected chi connectivity index (χ1v) is 6.31. The Morgan fingerprint density at radius 1 is 1.44 bits per heavy atom. The van der Waals surface area contributed by atoms with Crippen molar-refractivity contribution in [2.75, 3.05) is 6.61 Å². The Kier molecular flexibility index (Phi) is 4.19. The highest BCUT2D eigenvalue weighted by molar-refractivity contribution is 5.13. The molecule has 1 saturated heterocycles. The molecule has 0 saturated carbocycles. The third-order valence-corrected chi connectivity index (χ3v) is 3.62. The molecule has 2 nitrogen and oxygen atoms in total. The lowest BCUT2D eigenvalue weighted by atomic mass is 9.76. The normalized spacial score (nSPS) is 26.9. The number of rotatable bonds is 3. The van der Waals surface area contributed by atoms with E-state index < -0.39 is 5.79 Å². The third-order valence-electron chi connectivity index (χ3n) is 3.62. The molecule has 0 spiro atoms. The molecule has 0 aromatic rings. The fourth-order valence-corrected chi connectivity index (χ4v) is 2.59. The smallest absolute Gasteiger partial charge is 0.163 e. The standard InChI is InChI=1S/C14H26O2/c1-7-11(8-2)13(3,4)12-9-10-15-14(5,6)16-12/h7,12H,8-10H2,1-6H3/b11-7+/t12-/m0/s1. The van der Waals surface area contributed by atoms with E-state index in [1.165, 1.54) is 5.57 Å². The minimum atomic E-state index is -0.438. The summed E-state index contributed by atoms with van der Waals surface area (Å²) in [6, 6.07) is 0. The van der Waals surface area contributed by atoms with E-state index in [9.17, 15) is 0 Å². The highest BCUT2D eigenvalue weighted by Gasteiger charge is 2.39. The Labute approximate surface area is 100 Å². The lowest BCUT2D eigenvalue weighted by molar-refractivity contribution is -0.288. The quantitative estimate of drug-likeness (QED) is 0.679. The van der Waals surface area contributed by atoms with Gasteiger partial charge in [-0.3, -0.25) is 0 Å². The molecule has 0 amide bonds. The molecule has 0 radical (unpaired) electrons. The molecule has 1 atom stereocenters. The molecule has 1 heterocycles. The topological polar surface area (TPSA) is 18.5 Å². The zero-order valence-electron chi connectivity index (χ0n) is 11.6. The largest absolute Gasteiger partial charge is 0.350 e. The number of allylic oxidation sites excluding steroid dienone is 1. The van der Waals surface area contributed by atoms with Gasteiger partial charge < -0.3 is 9.47 Å². The van der Waals surface area contributed by atoms with Crippen LogP contribution in [0.4, 0.5) is 0 Å². The molecule has 94 valence electrons. The minimum absolute atomic E-state index is 0.102. The van der Waals surface area contributed by atoms with Crippen LogP contribution >= 0.6 is 0 Å². The second-order valence-corrected chi connectivity index (χ2v) is 5.53. The summed E-state index contributed by atoms with van der Waals surface area (Å²) in [6.45, 7) is 13.7. The van der Waals surface area contributed by atoms with Crippen LogP contribution in [0.1, 0.15) is 54.4 Å². The van der Waals surface area contributed by atoms with Gasteiger partial charge in [-0.05, 0) is 33.6 Å². The lowest BCUT2D eigenvalue weighted by Gasteiger charge is -2.44. The number of hydrogen-bond donors (Lipinski definition) is 0. The zero-order valence-corrected chi connectivity index (χ0v) is 11.6. The van der Waals surface area contributed by atoms with Crippen LogP contribution in [0, 0.1) is 5.41 Å². The monoisotopic (exact) mass is 226 g/mol. The SMILES string of the molecule is C/C=C(\CC)C(C)(C)[C@@H]1CCOC(C)(C)O1. The summed E-state index contributed by atoms with van der Waals surface area (Å²) in [5.74, 6) is -0.438. The molecular formula is C14H26O2. The van der Waals surface area contributed by atoms with Crippen LogP contribution in [0.5, 0.6) is 0 Å². The molecule has 0 aromatic carbocycles. The number of ether oxygens (including phenoxy) is 2. The van der Waals surface area contributed by atoms with Gasteiger partial charge in [0.05, 0.1) is 12.7 Å². The maximum absolute atomic E-state index is 6.06. The van der Waals surface area contributed by atoms with E-state index in [2.05, 4.69) is 33.8 Å². The molecule has 16 heavy (non-hydrogen) atoms. The van der Waals surface area contributed by atoms with Crippen LogP contribution < -0.4 is 0 Å². The summed E-state index contributed by atoms with van der Waals surface area (Å²) in [5.41, 5.74) is 1.57. The zero-order chi connectivity index (χ0) is 12.4. The maximum atomic E-state index is 6.06. The van der Waals surface area contributed by atoms with Gasteiger partial charge in [-0.25, -0.2) is 0 Å². The van der Waals surface area contributed by atoms with Crippen molar-refractivity contribution in [1.82, 2.24) is 0 Å². The Morgan fingerprint density at radius 2 is 2.06 bits per heavy atom. The van der Waals surface area contributed by atoms with Crippen LogP contribution in [-0.2, 0) is 9.47 Å². The molecule has 0 aromatic heterocycles. The van der Waals surface area contributed by atoms with Crippen molar-refractivity contribution < 1.29 is 9.47 Å². The van der Waals surface area contributed by atoms with Gasteiger partial charge in [0.2, 0.25) is 0 Å². The van der Waals surface area contributed by atoms with Crippen LogP contribution in [-0.4, -0.2) is 18.5 Å². The van der Waals surface area contributed by atoms with Crippen LogP contribution in [0.15, 0.2) is 11.6 Å². The van der Waals surface area contributed by atoms with Gasteiger partial charge in [-0.2, -0.15) is 0 Å². The second kappa shape index (κ2) is 4.89. The van der Waals surface area contributed by atoms with Crippen molar-refractivity contribution in [3.05, 3.63) is 11.6 Å². The Bertz CT molecular complexity index is 264. The van der Waals surface area contributed by atoms with Gasteiger partial charge in [0.15, 0.2) is 5.79 Å². The van der Waals surface area contributed by atoms with Crippen molar-refractivity contribution >= 4 is 0 Å². The molecule has 1 aliphatic heterocycles. The predicted octanol–water partition coefficient (Wildman–Crippen LogP) is 3.91. The molecule has 0 unspecified atom stereocenters. The van der Waals surface area contributed by atoms with E-state index in [1.54, 1.807) is 0 Å². The van der Waals surface area contributed by atoms with Crippen LogP contribution in [0.3, 0.4) is 0 Å². The molecule has 0 aliphatic carbocycles. The average Bonchev–Trinajstić information content (AvgIpc) is 2.17. The first-order valence-electron chi connectivity index (χ1n) is 6.31. The summed E-state index contributed by atoms with van der Waals surface area (Å²) < 4.78 is 11.7. The third kappa shape index (κ3) is 2.86.